The van der Waals surface area contributed by atoms with Gasteiger partial charge in [0.1, 0.15) is 22.8 Å². The Kier molecular flexibility index (Phi) is 14.0. The fourth-order valence-electron chi connectivity index (χ4n) is 12.0. The van der Waals surface area contributed by atoms with Crippen molar-refractivity contribution in [1.29, 1.82) is 0 Å². The number of piperazine rings is 1. The van der Waals surface area contributed by atoms with E-state index in [9.17, 15) is 28.4 Å². The largest absolute Gasteiger partial charge is 0.493 e. The Morgan fingerprint density at radius 3 is 2.49 bits per heavy atom. The van der Waals surface area contributed by atoms with E-state index in [4.69, 9.17) is 14.2 Å². The number of fused-ring (bicyclic) bond motifs is 1. The zero-order chi connectivity index (χ0) is 52.9. The van der Waals surface area contributed by atoms with E-state index in [0.717, 1.165) is 106 Å². The van der Waals surface area contributed by atoms with Gasteiger partial charge in [-0.3, -0.25) is 24.7 Å². The lowest BCUT2D eigenvalue weighted by atomic mass is 9.59. The van der Waals surface area contributed by atoms with Crippen LogP contribution in [0.1, 0.15) is 111 Å². The summed E-state index contributed by atoms with van der Waals surface area (Å²) < 4.78 is 48.2. The highest BCUT2D eigenvalue weighted by atomic mass is 32.2. The number of aromatic nitrogens is 2. The third-order valence-corrected chi connectivity index (χ3v) is 17.8. The Bertz CT molecular complexity index is 3240. The highest BCUT2D eigenvalue weighted by Gasteiger charge is 2.55. The number of aromatic amines is 1. The quantitative estimate of drug-likeness (QED) is 0.0467. The number of H-pyrrole nitrogens is 1. The van der Waals surface area contributed by atoms with Crippen molar-refractivity contribution in [3.8, 4) is 23.0 Å². The van der Waals surface area contributed by atoms with Crippen molar-refractivity contribution in [2.75, 3.05) is 56.6 Å². The average molecular weight is 1050 g/mol. The van der Waals surface area contributed by atoms with E-state index in [1.807, 2.05) is 19.1 Å². The molecule has 4 N–H and O–H groups in total. The number of amides is 1. The number of nitro groups is 1. The molecule has 2 saturated heterocycles. The zero-order valence-electron chi connectivity index (χ0n) is 43.7. The standard InChI is InChI=1S/C58H68N8O9S/c1-37(2)46-7-5-6-8-47(46)51-34-63(33-39-9-16-52(54(25-39)73-4)74-43-11-12-43)23-24-65(51)42-29-58(30-42)35-64(36-58)41-10-14-48(53(27-41)75-44-26-40-19-22-59-55(40)61-32-44)56(67)62-76(71,72)45-13-15-49(50(28-45)66(69)70)60-31-38-17-20-57(3,68)21-18-38/h5-10,13-16,19,22,25-28,32,37-38,42-43,51,60,68H,11-12,17-18,20-21,23-24,29-31,33-36H2,1-4H3,(H,59,61)(H,62,67)/t38-,51-,57-/m0/s1. The van der Waals surface area contributed by atoms with Crippen molar-refractivity contribution in [1.82, 2.24) is 24.5 Å². The van der Waals surface area contributed by atoms with Gasteiger partial charge >= 0.3 is 0 Å². The molecule has 17 nitrogen and oxygen atoms in total. The van der Waals surface area contributed by atoms with Crippen LogP contribution >= 0.6 is 0 Å². The van der Waals surface area contributed by atoms with Gasteiger partial charge in [0, 0.05) is 92.7 Å². The first-order valence-corrected chi connectivity index (χ1v) is 28.2. The van der Waals surface area contributed by atoms with Crippen LogP contribution in [0.5, 0.6) is 23.0 Å². The van der Waals surface area contributed by atoms with Gasteiger partial charge in [0.15, 0.2) is 11.5 Å². The normalized spacial score (nSPS) is 22.0. The Balaban J connectivity index is 0.782. The average Bonchev–Trinajstić information content (AvgIpc) is 4.08. The molecule has 0 radical (unpaired) electrons. The number of hydrogen-bond acceptors (Lipinski definition) is 14. The molecule has 2 aromatic heterocycles. The van der Waals surface area contributed by atoms with Gasteiger partial charge in [0.2, 0.25) is 0 Å². The molecule has 18 heteroatoms. The number of rotatable bonds is 18. The minimum absolute atomic E-state index is 0.0368. The third kappa shape index (κ3) is 10.9. The fourth-order valence-corrected chi connectivity index (χ4v) is 13.0. The van der Waals surface area contributed by atoms with Crippen molar-refractivity contribution in [2.45, 2.75) is 113 Å². The molecule has 1 amide bonds. The Labute approximate surface area is 444 Å². The van der Waals surface area contributed by atoms with E-state index < -0.39 is 37.0 Å². The Morgan fingerprint density at radius 2 is 1.74 bits per heavy atom. The summed E-state index contributed by atoms with van der Waals surface area (Å²) in [5, 5.41) is 26.5. The molecule has 400 valence electrons. The summed E-state index contributed by atoms with van der Waals surface area (Å²) >= 11 is 0. The molecule has 76 heavy (non-hydrogen) atoms. The minimum Gasteiger partial charge on any atom is -0.493 e. The van der Waals surface area contributed by atoms with Crippen LogP contribution in [-0.2, 0) is 16.6 Å². The van der Waals surface area contributed by atoms with E-state index in [1.54, 1.807) is 31.5 Å². The predicted molar refractivity (Wildman–Crippen MR) is 291 cm³/mol. The molecule has 0 unspecified atom stereocenters. The van der Waals surface area contributed by atoms with E-state index in [-0.39, 0.29) is 34.4 Å². The maximum absolute atomic E-state index is 14.1. The Hall–Kier alpha value is -6.73. The summed E-state index contributed by atoms with van der Waals surface area (Å²) in [5.74, 6) is 1.71. The summed E-state index contributed by atoms with van der Waals surface area (Å²) in [6, 6.07) is 28.3. The lowest BCUT2D eigenvalue weighted by Crippen LogP contribution is -2.68. The number of hydrogen-bond donors (Lipinski definition) is 4. The SMILES string of the molecule is COc1cc(CN2CCN(C3CC4(C3)CN(c3ccc(C(=O)NS(=O)(=O)c5ccc(NC[C@H]6CC[C@](C)(O)CC6)c([N+](=O)[O-])c5)c(Oc5cnc6[nH]ccc6c5)c3)C4)[C@H](c3ccccc3C(C)C)C2)ccc1OC1CC1. The second-order valence-corrected chi connectivity index (χ2v) is 24.2. The molecule has 3 saturated carbocycles. The monoisotopic (exact) mass is 1050 g/mol. The van der Waals surface area contributed by atoms with Crippen LogP contribution in [-0.4, -0.2) is 108 Å². The fraction of sp³-hybridized carbons (Fsp3) is 0.448. The summed E-state index contributed by atoms with van der Waals surface area (Å²) in [7, 11) is -2.89. The minimum atomic E-state index is -4.59. The van der Waals surface area contributed by atoms with E-state index in [2.05, 4.69) is 91.0 Å². The van der Waals surface area contributed by atoms with Crippen LogP contribution in [0.3, 0.4) is 0 Å². The summed E-state index contributed by atoms with van der Waals surface area (Å²) in [5.41, 5.74) is 4.59. The maximum atomic E-state index is 14.1. The van der Waals surface area contributed by atoms with Crippen LogP contribution in [0.15, 0.2) is 108 Å². The topological polar surface area (TPSA) is 205 Å². The molecule has 5 aliphatic rings. The molecule has 1 atom stereocenters. The number of benzene rings is 4. The van der Waals surface area contributed by atoms with Crippen molar-refractivity contribution in [3.63, 3.8) is 0 Å². The molecule has 4 heterocycles. The highest BCUT2D eigenvalue weighted by Crippen LogP contribution is 2.54. The van der Waals surface area contributed by atoms with Gasteiger partial charge in [-0.05, 0) is 135 Å². The maximum Gasteiger partial charge on any atom is 0.293 e. The van der Waals surface area contributed by atoms with Crippen LogP contribution in [0.4, 0.5) is 17.1 Å². The number of pyridine rings is 1. The molecule has 5 fully saturated rings. The van der Waals surface area contributed by atoms with E-state index in [1.165, 1.54) is 35.0 Å². The number of carbonyl (C=O) groups is 1. The van der Waals surface area contributed by atoms with Gasteiger partial charge in [-0.25, -0.2) is 18.1 Å². The smallest absolute Gasteiger partial charge is 0.293 e. The summed E-state index contributed by atoms with van der Waals surface area (Å²) in [6.45, 7) is 12.1. The second-order valence-electron chi connectivity index (χ2n) is 22.6. The molecule has 6 aromatic rings. The van der Waals surface area contributed by atoms with Gasteiger partial charge < -0.3 is 34.5 Å². The molecule has 4 aromatic carbocycles. The van der Waals surface area contributed by atoms with Gasteiger partial charge in [0.05, 0.1) is 40.4 Å². The Morgan fingerprint density at radius 1 is 0.947 bits per heavy atom. The molecule has 1 spiro atoms. The lowest BCUT2D eigenvalue weighted by molar-refractivity contribution is -0.384. The first kappa shape index (κ1) is 51.4. The highest BCUT2D eigenvalue weighted by molar-refractivity contribution is 7.90. The van der Waals surface area contributed by atoms with Crippen molar-refractivity contribution in [3.05, 3.63) is 136 Å². The first-order chi connectivity index (χ1) is 36.5. The van der Waals surface area contributed by atoms with E-state index in [0.29, 0.717) is 48.8 Å². The number of nitrogens with one attached hydrogen (secondary N) is 3. The molecular weight excluding hydrogens is 985 g/mol. The number of carbonyl (C=O) groups excluding carboxylic acids is 1. The number of aliphatic hydroxyl groups is 1. The lowest BCUT2D eigenvalue weighted by Gasteiger charge is -2.63. The second kappa shape index (κ2) is 20.7. The molecule has 3 aliphatic carbocycles. The van der Waals surface area contributed by atoms with E-state index >= 15 is 0 Å². The predicted octanol–water partition coefficient (Wildman–Crippen LogP) is 9.94. The van der Waals surface area contributed by atoms with Crippen molar-refractivity contribution >= 4 is 44.0 Å². The van der Waals surface area contributed by atoms with Crippen LogP contribution in [0, 0.1) is 21.4 Å². The van der Waals surface area contributed by atoms with Crippen LogP contribution in [0.25, 0.3) is 11.0 Å². The summed E-state index contributed by atoms with van der Waals surface area (Å²) in [4.78, 5) is 40.4. The number of ether oxygens (including phenoxy) is 3. The van der Waals surface area contributed by atoms with Crippen molar-refractivity contribution in [2.24, 2.45) is 11.3 Å². The van der Waals surface area contributed by atoms with Gasteiger partial charge in [-0.15, -0.1) is 0 Å². The van der Waals surface area contributed by atoms with Crippen LogP contribution in [0.2, 0.25) is 0 Å². The number of sulfonamides is 1. The van der Waals surface area contributed by atoms with Crippen LogP contribution < -0.4 is 29.1 Å². The number of anilines is 2. The third-order valence-electron chi connectivity index (χ3n) is 16.4. The number of methoxy groups -OCH3 is 1. The molecular formula is C58H68N8O9S. The van der Waals surface area contributed by atoms with Gasteiger partial charge in [-0.2, -0.15) is 0 Å². The van der Waals surface area contributed by atoms with Gasteiger partial charge in [0.25, 0.3) is 21.6 Å². The molecule has 11 rings (SSSR count). The van der Waals surface area contributed by atoms with Crippen molar-refractivity contribution < 1.29 is 37.5 Å². The zero-order valence-corrected chi connectivity index (χ0v) is 44.5. The molecule has 2 aliphatic heterocycles. The van der Waals surface area contributed by atoms with Gasteiger partial charge in [-0.1, -0.05) is 44.2 Å². The summed E-state index contributed by atoms with van der Waals surface area (Å²) in [6.07, 6.45) is 10.7. The first-order valence-electron chi connectivity index (χ1n) is 26.7. The number of nitrogens with zero attached hydrogens (tertiary/aromatic N) is 5. The number of nitro benzene ring substituents is 1. The molecule has 0 bridgehead atoms.